The van der Waals surface area contributed by atoms with E-state index in [1.54, 1.807) is 0 Å². The number of benzene rings is 1. The van der Waals surface area contributed by atoms with Crippen LogP contribution in [0.15, 0.2) is 23.8 Å². The Morgan fingerprint density at radius 3 is 2.20 bits per heavy atom. The van der Waals surface area contributed by atoms with Gasteiger partial charge in [-0.15, -0.1) is 0 Å². The first kappa shape index (κ1) is 21.5. The van der Waals surface area contributed by atoms with Gasteiger partial charge in [0.2, 0.25) is 0 Å². The van der Waals surface area contributed by atoms with Crippen LogP contribution in [0.3, 0.4) is 0 Å². The molecule has 2 nitrogen and oxygen atoms in total. The second-order valence-electron chi connectivity index (χ2n) is 7.14. The standard InChI is InChI=1S/C23H37NO/c1-7-11-17(5)21(10-4)22-16-19(15-14-18(22)6)23(25)24-20(12-8-2)13-9-3/h14-16,20H,7-13H2,1-6H3,(H,24,25)/b21-17+. The minimum absolute atomic E-state index is 0.0664. The lowest BCUT2D eigenvalue weighted by Crippen LogP contribution is -2.34. The fourth-order valence-corrected chi connectivity index (χ4v) is 3.59. The van der Waals surface area contributed by atoms with Crippen LogP contribution in [0, 0.1) is 6.92 Å². The van der Waals surface area contributed by atoms with Crippen LogP contribution in [0.5, 0.6) is 0 Å². The molecule has 0 saturated carbocycles. The lowest BCUT2D eigenvalue weighted by atomic mass is 9.91. The summed E-state index contributed by atoms with van der Waals surface area (Å²) in [5, 5.41) is 3.24. The van der Waals surface area contributed by atoms with E-state index in [2.05, 4.69) is 59.0 Å². The second kappa shape index (κ2) is 11.1. The molecule has 0 aliphatic rings. The maximum Gasteiger partial charge on any atom is 0.251 e. The van der Waals surface area contributed by atoms with Gasteiger partial charge in [0.15, 0.2) is 0 Å². The molecule has 0 spiro atoms. The van der Waals surface area contributed by atoms with E-state index in [1.165, 1.54) is 22.3 Å². The zero-order valence-electron chi connectivity index (χ0n) is 17.2. The highest BCUT2D eigenvalue weighted by atomic mass is 16.1. The Kier molecular flexibility index (Phi) is 9.55. The first-order valence-corrected chi connectivity index (χ1v) is 10.1. The van der Waals surface area contributed by atoms with Crippen LogP contribution in [0.4, 0.5) is 0 Å². The molecule has 0 saturated heterocycles. The van der Waals surface area contributed by atoms with Crippen LogP contribution < -0.4 is 5.32 Å². The number of amides is 1. The molecule has 0 aromatic heterocycles. The van der Waals surface area contributed by atoms with Crippen LogP contribution in [-0.4, -0.2) is 11.9 Å². The van der Waals surface area contributed by atoms with E-state index < -0.39 is 0 Å². The minimum Gasteiger partial charge on any atom is -0.349 e. The highest BCUT2D eigenvalue weighted by Gasteiger charge is 2.15. The molecule has 1 amide bonds. The quantitative estimate of drug-likeness (QED) is 0.504. The summed E-state index contributed by atoms with van der Waals surface area (Å²) >= 11 is 0. The Bertz CT molecular complexity index is 580. The van der Waals surface area contributed by atoms with Gasteiger partial charge in [0.1, 0.15) is 0 Å². The first-order valence-electron chi connectivity index (χ1n) is 10.1. The Morgan fingerprint density at radius 1 is 1.04 bits per heavy atom. The van der Waals surface area contributed by atoms with Crippen LogP contribution in [0.1, 0.15) is 101 Å². The molecule has 1 aromatic carbocycles. The maximum atomic E-state index is 12.7. The molecule has 0 bridgehead atoms. The molecule has 25 heavy (non-hydrogen) atoms. The number of hydrogen-bond donors (Lipinski definition) is 1. The largest absolute Gasteiger partial charge is 0.349 e. The maximum absolute atomic E-state index is 12.7. The fraction of sp³-hybridized carbons (Fsp3) is 0.609. The number of hydrogen-bond acceptors (Lipinski definition) is 1. The Labute approximate surface area is 155 Å². The summed E-state index contributed by atoms with van der Waals surface area (Å²) in [4.78, 5) is 12.7. The number of carbonyl (C=O) groups excluding carboxylic acids is 1. The SMILES string of the molecule is CCC/C(C)=C(\CC)c1cc(C(=O)NC(CCC)CCC)ccc1C. The highest BCUT2D eigenvalue weighted by molar-refractivity contribution is 5.95. The molecule has 1 N–H and O–H groups in total. The number of rotatable bonds is 10. The molecule has 0 fully saturated rings. The summed E-state index contributed by atoms with van der Waals surface area (Å²) in [5.74, 6) is 0.0664. The highest BCUT2D eigenvalue weighted by Crippen LogP contribution is 2.28. The second-order valence-corrected chi connectivity index (χ2v) is 7.14. The van der Waals surface area contributed by atoms with Crippen molar-refractivity contribution >= 4 is 11.5 Å². The molecule has 0 unspecified atom stereocenters. The minimum atomic E-state index is 0.0664. The lowest BCUT2D eigenvalue weighted by molar-refractivity contribution is 0.0932. The van der Waals surface area contributed by atoms with Gasteiger partial charge in [-0.25, -0.2) is 0 Å². The molecule has 140 valence electrons. The Balaban J connectivity index is 3.11. The van der Waals surface area contributed by atoms with E-state index >= 15 is 0 Å². The van der Waals surface area contributed by atoms with Gasteiger partial charge in [0, 0.05) is 11.6 Å². The number of carbonyl (C=O) groups is 1. The van der Waals surface area contributed by atoms with E-state index in [0.717, 1.165) is 50.5 Å². The fourth-order valence-electron chi connectivity index (χ4n) is 3.59. The normalized spacial score (nSPS) is 12.3. The summed E-state index contributed by atoms with van der Waals surface area (Å²) in [6, 6.07) is 6.44. The third-order valence-electron chi connectivity index (χ3n) is 4.93. The van der Waals surface area contributed by atoms with Crippen molar-refractivity contribution in [2.24, 2.45) is 0 Å². The molecule has 0 atom stereocenters. The van der Waals surface area contributed by atoms with Crippen molar-refractivity contribution in [3.8, 4) is 0 Å². The van der Waals surface area contributed by atoms with Crippen molar-refractivity contribution in [3.63, 3.8) is 0 Å². The van der Waals surface area contributed by atoms with E-state index in [1.807, 2.05) is 6.07 Å². The van der Waals surface area contributed by atoms with E-state index in [-0.39, 0.29) is 11.9 Å². The predicted molar refractivity (Wildman–Crippen MR) is 110 cm³/mol. The third kappa shape index (κ3) is 6.34. The number of aryl methyl sites for hydroxylation is 1. The summed E-state index contributed by atoms with van der Waals surface area (Å²) in [6.07, 6.45) is 7.58. The van der Waals surface area contributed by atoms with E-state index in [4.69, 9.17) is 0 Å². The Morgan fingerprint density at radius 2 is 1.68 bits per heavy atom. The molecule has 1 rings (SSSR count). The zero-order valence-corrected chi connectivity index (χ0v) is 17.2. The summed E-state index contributed by atoms with van der Waals surface area (Å²) in [6.45, 7) is 13.1. The predicted octanol–water partition coefficient (Wildman–Crippen LogP) is 6.68. The van der Waals surface area contributed by atoms with E-state index in [0.29, 0.717) is 0 Å². The van der Waals surface area contributed by atoms with Crippen LogP contribution in [0.25, 0.3) is 5.57 Å². The molecule has 1 aromatic rings. The smallest absolute Gasteiger partial charge is 0.251 e. The van der Waals surface area contributed by atoms with Crippen LogP contribution in [-0.2, 0) is 0 Å². The topological polar surface area (TPSA) is 29.1 Å². The van der Waals surface area contributed by atoms with Gasteiger partial charge >= 0.3 is 0 Å². The van der Waals surface area contributed by atoms with Gasteiger partial charge < -0.3 is 5.32 Å². The van der Waals surface area contributed by atoms with Crippen LogP contribution in [0.2, 0.25) is 0 Å². The summed E-state index contributed by atoms with van der Waals surface area (Å²) in [7, 11) is 0. The zero-order chi connectivity index (χ0) is 18.8. The average Bonchev–Trinajstić information content (AvgIpc) is 2.57. The third-order valence-corrected chi connectivity index (χ3v) is 4.93. The molecule has 2 heteroatoms. The molecular weight excluding hydrogens is 306 g/mol. The molecule has 0 aliphatic carbocycles. The van der Waals surface area contributed by atoms with E-state index in [9.17, 15) is 4.79 Å². The molecule has 0 heterocycles. The van der Waals surface area contributed by atoms with Crippen LogP contribution >= 0.6 is 0 Å². The Hall–Kier alpha value is -1.57. The summed E-state index contributed by atoms with van der Waals surface area (Å²) < 4.78 is 0. The van der Waals surface area contributed by atoms with Gasteiger partial charge in [-0.1, -0.05) is 58.6 Å². The van der Waals surface area contributed by atoms with Gasteiger partial charge in [-0.3, -0.25) is 4.79 Å². The monoisotopic (exact) mass is 343 g/mol. The van der Waals surface area contributed by atoms with Crippen molar-refractivity contribution in [3.05, 3.63) is 40.5 Å². The van der Waals surface area contributed by atoms with Crippen molar-refractivity contribution < 1.29 is 4.79 Å². The van der Waals surface area contributed by atoms with Crippen molar-refractivity contribution in [2.75, 3.05) is 0 Å². The molecule has 0 radical (unpaired) electrons. The van der Waals surface area contributed by atoms with Gasteiger partial charge in [0.25, 0.3) is 5.91 Å². The lowest BCUT2D eigenvalue weighted by Gasteiger charge is -2.19. The van der Waals surface area contributed by atoms with Gasteiger partial charge in [0.05, 0.1) is 0 Å². The number of allylic oxidation sites excluding steroid dienone is 2. The van der Waals surface area contributed by atoms with Gasteiger partial charge in [-0.2, -0.15) is 0 Å². The van der Waals surface area contributed by atoms with Crippen molar-refractivity contribution in [1.82, 2.24) is 5.32 Å². The molecule has 0 aliphatic heterocycles. The van der Waals surface area contributed by atoms with Crippen molar-refractivity contribution in [2.45, 2.75) is 92.5 Å². The average molecular weight is 344 g/mol. The first-order chi connectivity index (χ1) is 12.0. The number of nitrogens with one attached hydrogen (secondary N) is 1. The van der Waals surface area contributed by atoms with Gasteiger partial charge in [-0.05, 0) is 68.4 Å². The van der Waals surface area contributed by atoms with Crippen molar-refractivity contribution in [1.29, 1.82) is 0 Å². The summed E-state index contributed by atoms with van der Waals surface area (Å²) in [5.41, 5.74) is 6.12. The molecular formula is C23H37NO.